The highest BCUT2D eigenvalue weighted by molar-refractivity contribution is 5.97. The summed E-state index contributed by atoms with van der Waals surface area (Å²) in [6.07, 6.45) is 6.94. The van der Waals surface area contributed by atoms with Gasteiger partial charge in [-0.2, -0.15) is 5.10 Å². The van der Waals surface area contributed by atoms with Crippen molar-refractivity contribution in [3.8, 4) is 0 Å². The van der Waals surface area contributed by atoms with E-state index in [2.05, 4.69) is 22.4 Å². The first-order chi connectivity index (χ1) is 7.60. The first kappa shape index (κ1) is 11.1. The van der Waals surface area contributed by atoms with Crippen molar-refractivity contribution in [1.29, 1.82) is 0 Å². The number of H-pyrrole nitrogens is 1. The van der Waals surface area contributed by atoms with E-state index in [-0.39, 0.29) is 5.91 Å². The van der Waals surface area contributed by atoms with Gasteiger partial charge in [0.05, 0.1) is 17.4 Å². The highest BCUT2D eigenvalue weighted by atomic mass is 16.2. The number of carbonyl (C=O) groups excluding carboxylic acids is 1. The van der Waals surface area contributed by atoms with E-state index in [4.69, 9.17) is 5.73 Å². The number of aromatic nitrogens is 2. The molecule has 2 atom stereocenters. The van der Waals surface area contributed by atoms with Gasteiger partial charge in [0.2, 0.25) is 5.91 Å². The van der Waals surface area contributed by atoms with Gasteiger partial charge in [0.25, 0.3) is 0 Å². The van der Waals surface area contributed by atoms with E-state index in [9.17, 15) is 4.79 Å². The molecule has 1 saturated carbocycles. The second kappa shape index (κ2) is 4.25. The van der Waals surface area contributed by atoms with Gasteiger partial charge in [-0.1, -0.05) is 19.8 Å². The lowest BCUT2D eigenvalue weighted by Crippen LogP contribution is -2.53. The average molecular weight is 222 g/mol. The van der Waals surface area contributed by atoms with Crippen molar-refractivity contribution in [3.05, 3.63) is 12.4 Å². The van der Waals surface area contributed by atoms with Crippen molar-refractivity contribution in [2.45, 2.75) is 38.1 Å². The van der Waals surface area contributed by atoms with Gasteiger partial charge < -0.3 is 11.1 Å². The Morgan fingerprint density at radius 2 is 2.56 bits per heavy atom. The predicted octanol–water partition coefficient (Wildman–Crippen LogP) is 1.26. The van der Waals surface area contributed by atoms with Crippen molar-refractivity contribution in [1.82, 2.24) is 10.2 Å². The summed E-state index contributed by atoms with van der Waals surface area (Å²) < 4.78 is 0. The molecule has 16 heavy (non-hydrogen) atoms. The molecule has 0 aliphatic heterocycles. The molecule has 2 rings (SSSR count). The van der Waals surface area contributed by atoms with Crippen LogP contribution in [-0.2, 0) is 4.79 Å². The standard InChI is InChI=1S/C11H18N4O/c1-8-3-2-4-11(12,5-8)10(16)15-9-6-13-14-7-9/h6-8H,2-5,12H2,1H3,(H,13,14)(H,15,16). The number of nitrogens with zero attached hydrogens (tertiary/aromatic N) is 1. The number of anilines is 1. The maximum atomic E-state index is 12.1. The molecular weight excluding hydrogens is 204 g/mol. The second-order valence-corrected chi connectivity index (χ2v) is 4.80. The van der Waals surface area contributed by atoms with Gasteiger partial charge in [-0.15, -0.1) is 0 Å². The van der Waals surface area contributed by atoms with Gasteiger partial charge in [0.15, 0.2) is 0 Å². The lowest BCUT2D eigenvalue weighted by Gasteiger charge is -2.35. The number of aromatic amines is 1. The minimum absolute atomic E-state index is 0.0968. The van der Waals surface area contributed by atoms with Crippen molar-refractivity contribution < 1.29 is 4.79 Å². The Bertz CT molecular complexity index is 362. The molecule has 4 N–H and O–H groups in total. The van der Waals surface area contributed by atoms with E-state index in [0.717, 1.165) is 25.7 Å². The summed E-state index contributed by atoms with van der Waals surface area (Å²) in [6.45, 7) is 2.14. The maximum absolute atomic E-state index is 12.1. The first-order valence-electron chi connectivity index (χ1n) is 5.69. The fraction of sp³-hybridized carbons (Fsp3) is 0.636. The zero-order valence-corrected chi connectivity index (χ0v) is 9.49. The summed E-state index contributed by atoms with van der Waals surface area (Å²) in [4.78, 5) is 12.1. The molecule has 5 heteroatoms. The summed E-state index contributed by atoms with van der Waals surface area (Å²) in [6, 6.07) is 0. The lowest BCUT2D eigenvalue weighted by atomic mass is 9.76. The van der Waals surface area contributed by atoms with Crippen LogP contribution in [0.4, 0.5) is 5.69 Å². The Kier molecular flexibility index (Phi) is 2.96. The molecule has 1 fully saturated rings. The molecule has 1 aliphatic rings. The molecule has 1 heterocycles. The van der Waals surface area contributed by atoms with Crippen LogP contribution in [0.3, 0.4) is 0 Å². The smallest absolute Gasteiger partial charge is 0.244 e. The maximum Gasteiger partial charge on any atom is 0.244 e. The number of hydrogen-bond acceptors (Lipinski definition) is 3. The summed E-state index contributed by atoms with van der Waals surface area (Å²) in [5.41, 5.74) is 6.13. The first-order valence-corrected chi connectivity index (χ1v) is 5.69. The third kappa shape index (κ3) is 2.24. The minimum Gasteiger partial charge on any atom is -0.322 e. The highest BCUT2D eigenvalue weighted by Crippen LogP contribution is 2.31. The molecule has 0 spiro atoms. The van der Waals surface area contributed by atoms with E-state index in [1.54, 1.807) is 12.4 Å². The monoisotopic (exact) mass is 222 g/mol. The minimum atomic E-state index is -0.713. The largest absolute Gasteiger partial charge is 0.322 e. The molecule has 0 saturated heterocycles. The van der Waals surface area contributed by atoms with E-state index in [0.29, 0.717) is 11.6 Å². The number of nitrogens with two attached hydrogens (primary N) is 1. The Morgan fingerprint density at radius 1 is 1.75 bits per heavy atom. The highest BCUT2D eigenvalue weighted by Gasteiger charge is 2.37. The van der Waals surface area contributed by atoms with Crippen LogP contribution in [-0.4, -0.2) is 21.6 Å². The summed E-state index contributed by atoms with van der Waals surface area (Å²) in [7, 11) is 0. The van der Waals surface area contributed by atoms with E-state index >= 15 is 0 Å². The van der Waals surface area contributed by atoms with E-state index in [1.807, 2.05) is 0 Å². The average Bonchev–Trinajstić information content (AvgIpc) is 2.70. The van der Waals surface area contributed by atoms with Gasteiger partial charge in [-0.25, -0.2) is 0 Å². The Labute approximate surface area is 94.8 Å². The molecule has 1 amide bonds. The third-order valence-corrected chi connectivity index (χ3v) is 3.24. The number of amides is 1. The van der Waals surface area contributed by atoms with Gasteiger partial charge in [0, 0.05) is 6.20 Å². The van der Waals surface area contributed by atoms with Crippen LogP contribution in [0.5, 0.6) is 0 Å². The topological polar surface area (TPSA) is 83.8 Å². The third-order valence-electron chi connectivity index (χ3n) is 3.24. The molecule has 5 nitrogen and oxygen atoms in total. The fourth-order valence-corrected chi connectivity index (χ4v) is 2.37. The molecule has 88 valence electrons. The number of rotatable bonds is 2. The Balaban J connectivity index is 2.02. The molecule has 1 aromatic rings. The van der Waals surface area contributed by atoms with Crippen molar-refractivity contribution in [3.63, 3.8) is 0 Å². The normalized spacial score (nSPS) is 30.0. The van der Waals surface area contributed by atoms with Crippen LogP contribution < -0.4 is 11.1 Å². The van der Waals surface area contributed by atoms with Gasteiger partial charge in [0.1, 0.15) is 0 Å². The number of nitrogens with one attached hydrogen (secondary N) is 2. The summed E-state index contributed by atoms with van der Waals surface area (Å²) in [5.74, 6) is 0.425. The van der Waals surface area contributed by atoms with Crippen LogP contribution in [0, 0.1) is 5.92 Å². The van der Waals surface area contributed by atoms with E-state index < -0.39 is 5.54 Å². The zero-order chi connectivity index (χ0) is 11.6. The Morgan fingerprint density at radius 3 is 3.19 bits per heavy atom. The molecule has 1 aromatic heterocycles. The van der Waals surface area contributed by atoms with Crippen LogP contribution in [0.2, 0.25) is 0 Å². The van der Waals surface area contributed by atoms with Crippen molar-refractivity contribution in [2.75, 3.05) is 5.32 Å². The van der Waals surface area contributed by atoms with Gasteiger partial charge in [-0.3, -0.25) is 9.89 Å². The van der Waals surface area contributed by atoms with Crippen molar-refractivity contribution >= 4 is 11.6 Å². The van der Waals surface area contributed by atoms with E-state index in [1.165, 1.54) is 0 Å². The van der Waals surface area contributed by atoms with Crippen LogP contribution in [0.25, 0.3) is 0 Å². The number of carbonyl (C=O) groups is 1. The fourth-order valence-electron chi connectivity index (χ4n) is 2.37. The zero-order valence-electron chi connectivity index (χ0n) is 9.49. The van der Waals surface area contributed by atoms with Gasteiger partial charge >= 0.3 is 0 Å². The quantitative estimate of drug-likeness (QED) is 0.704. The lowest BCUT2D eigenvalue weighted by molar-refractivity contribution is -0.122. The van der Waals surface area contributed by atoms with Crippen LogP contribution in [0.1, 0.15) is 32.6 Å². The SMILES string of the molecule is CC1CCCC(N)(C(=O)Nc2cn[nH]c2)C1. The predicted molar refractivity (Wildman–Crippen MR) is 61.8 cm³/mol. The molecule has 2 unspecified atom stereocenters. The second-order valence-electron chi connectivity index (χ2n) is 4.80. The van der Waals surface area contributed by atoms with Crippen LogP contribution >= 0.6 is 0 Å². The van der Waals surface area contributed by atoms with Gasteiger partial charge in [-0.05, 0) is 18.8 Å². The molecule has 0 radical (unpaired) electrons. The summed E-state index contributed by atoms with van der Waals surface area (Å²) in [5, 5.41) is 9.23. The Hall–Kier alpha value is -1.36. The number of hydrogen-bond donors (Lipinski definition) is 3. The molecular formula is C11H18N4O. The molecule has 1 aliphatic carbocycles. The van der Waals surface area contributed by atoms with Crippen LogP contribution in [0.15, 0.2) is 12.4 Å². The summed E-state index contributed by atoms with van der Waals surface area (Å²) >= 11 is 0. The molecule has 0 bridgehead atoms. The molecule has 0 aromatic carbocycles. The van der Waals surface area contributed by atoms with Crippen molar-refractivity contribution in [2.24, 2.45) is 11.7 Å².